The van der Waals surface area contributed by atoms with Crippen LogP contribution < -0.4 is 9.64 Å². The predicted molar refractivity (Wildman–Crippen MR) is 78.7 cm³/mol. The molecule has 18 heavy (non-hydrogen) atoms. The first-order valence-electron chi connectivity index (χ1n) is 6.53. The van der Waals surface area contributed by atoms with Crippen molar-refractivity contribution in [3.05, 3.63) is 18.3 Å². The van der Waals surface area contributed by atoms with E-state index in [2.05, 4.69) is 32.9 Å². The Bertz CT molecular complexity index is 391. The van der Waals surface area contributed by atoms with Crippen LogP contribution in [-0.4, -0.2) is 29.5 Å². The molecule has 0 atom stereocenters. The highest BCUT2D eigenvalue weighted by molar-refractivity contribution is 9.09. The molecule has 1 aromatic rings. The van der Waals surface area contributed by atoms with Crippen LogP contribution in [0.2, 0.25) is 0 Å². The van der Waals surface area contributed by atoms with E-state index in [1.165, 1.54) is 12.8 Å². The lowest BCUT2D eigenvalue weighted by Gasteiger charge is -2.35. The molecule has 3 nitrogen and oxygen atoms in total. The smallest absolute Gasteiger partial charge is 0.171 e. The van der Waals surface area contributed by atoms with Gasteiger partial charge >= 0.3 is 0 Å². The first kappa shape index (κ1) is 13.7. The van der Waals surface area contributed by atoms with Gasteiger partial charge in [0.2, 0.25) is 0 Å². The molecule has 1 aliphatic carbocycles. The highest BCUT2D eigenvalue weighted by Crippen LogP contribution is 2.35. The Morgan fingerprint density at radius 2 is 2.22 bits per heavy atom. The fourth-order valence-electron chi connectivity index (χ4n) is 2.29. The van der Waals surface area contributed by atoms with E-state index < -0.39 is 0 Å². The van der Waals surface area contributed by atoms with Gasteiger partial charge in [0, 0.05) is 24.6 Å². The third-order valence-corrected chi connectivity index (χ3v) is 3.93. The van der Waals surface area contributed by atoms with Crippen molar-refractivity contribution in [1.82, 2.24) is 4.98 Å². The minimum Gasteiger partial charge on any atom is -0.487 e. The SMILES string of the molecule is CC(C)Oc1cccnc1N(C)CC1CC(Br)C1. The maximum Gasteiger partial charge on any atom is 0.171 e. The maximum atomic E-state index is 5.81. The Kier molecular flexibility index (Phi) is 4.49. The van der Waals surface area contributed by atoms with E-state index in [0.29, 0.717) is 4.83 Å². The third-order valence-electron chi connectivity index (χ3n) is 3.19. The molecule has 0 spiro atoms. The van der Waals surface area contributed by atoms with Crippen molar-refractivity contribution in [2.24, 2.45) is 5.92 Å². The van der Waals surface area contributed by atoms with E-state index in [0.717, 1.165) is 24.0 Å². The Balaban J connectivity index is 2.02. The number of aromatic nitrogens is 1. The molecular formula is C14H21BrN2O. The summed E-state index contributed by atoms with van der Waals surface area (Å²) >= 11 is 3.64. The van der Waals surface area contributed by atoms with Crippen LogP contribution in [0.1, 0.15) is 26.7 Å². The molecule has 100 valence electrons. The Morgan fingerprint density at radius 1 is 1.50 bits per heavy atom. The molecule has 0 aromatic carbocycles. The van der Waals surface area contributed by atoms with Crippen LogP contribution >= 0.6 is 15.9 Å². The monoisotopic (exact) mass is 312 g/mol. The topological polar surface area (TPSA) is 25.4 Å². The van der Waals surface area contributed by atoms with Crippen molar-refractivity contribution >= 4 is 21.7 Å². The van der Waals surface area contributed by atoms with Gasteiger partial charge in [0.1, 0.15) is 0 Å². The van der Waals surface area contributed by atoms with Crippen LogP contribution in [0.4, 0.5) is 5.82 Å². The van der Waals surface area contributed by atoms with Crippen molar-refractivity contribution in [2.45, 2.75) is 37.6 Å². The normalized spacial score (nSPS) is 22.7. The van der Waals surface area contributed by atoms with Crippen LogP contribution in [0, 0.1) is 5.92 Å². The van der Waals surface area contributed by atoms with E-state index in [-0.39, 0.29) is 6.10 Å². The second kappa shape index (κ2) is 5.91. The number of alkyl halides is 1. The number of hydrogen-bond acceptors (Lipinski definition) is 3. The number of hydrogen-bond donors (Lipinski definition) is 0. The summed E-state index contributed by atoms with van der Waals surface area (Å²) in [5.74, 6) is 2.60. The Hall–Kier alpha value is -0.770. The van der Waals surface area contributed by atoms with Crippen LogP contribution in [0.15, 0.2) is 18.3 Å². The second-order valence-corrected chi connectivity index (χ2v) is 6.60. The van der Waals surface area contributed by atoms with Crippen LogP contribution in [0.25, 0.3) is 0 Å². The van der Waals surface area contributed by atoms with Crippen molar-refractivity contribution in [3.8, 4) is 5.75 Å². The molecule has 0 bridgehead atoms. The van der Waals surface area contributed by atoms with E-state index in [1.807, 2.05) is 32.2 Å². The van der Waals surface area contributed by atoms with E-state index >= 15 is 0 Å². The fraction of sp³-hybridized carbons (Fsp3) is 0.643. The van der Waals surface area contributed by atoms with Gasteiger partial charge in [-0.05, 0) is 44.7 Å². The van der Waals surface area contributed by atoms with E-state index in [1.54, 1.807) is 0 Å². The van der Waals surface area contributed by atoms with Crippen LogP contribution in [0.5, 0.6) is 5.75 Å². The highest BCUT2D eigenvalue weighted by Gasteiger charge is 2.28. The summed E-state index contributed by atoms with van der Waals surface area (Å²) in [4.78, 5) is 7.37. The quantitative estimate of drug-likeness (QED) is 0.778. The van der Waals surface area contributed by atoms with Gasteiger partial charge in [-0.2, -0.15) is 0 Å². The molecule has 0 saturated heterocycles. The lowest BCUT2D eigenvalue weighted by Crippen LogP contribution is -2.35. The zero-order valence-electron chi connectivity index (χ0n) is 11.3. The van der Waals surface area contributed by atoms with Crippen molar-refractivity contribution in [2.75, 3.05) is 18.5 Å². The number of ether oxygens (including phenoxy) is 1. The highest BCUT2D eigenvalue weighted by atomic mass is 79.9. The van der Waals surface area contributed by atoms with E-state index in [4.69, 9.17) is 4.74 Å². The molecule has 2 rings (SSSR count). The molecule has 4 heteroatoms. The molecule has 1 aromatic heterocycles. The molecule has 1 heterocycles. The number of pyridine rings is 1. The minimum absolute atomic E-state index is 0.178. The lowest BCUT2D eigenvalue weighted by atomic mass is 9.85. The Morgan fingerprint density at radius 3 is 2.83 bits per heavy atom. The summed E-state index contributed by atoms with van der Waals surface area (Å²) in [6.45, 7) is 5.13. The molecule has 1 fully saturated rings. The van der Waals surface area contributed by atoms with Crippen molar-refractivity contribution < 1.29 is 4.74 Å². The Labute approximate surface area is 118 Å². The number of nitrogens with zero attached hydrogens (tertiary/aromatic N) is 2. The lowest BCUT2D eigenvalue weighted by molar-refractivity contribution is 0.241. The molecule has 0 N–H and O–H groups in total. The molecule has 0 radical (unpaired) electrons. The van der Waals surface area contributed by atoms with Gasteiger partial charge < -0.3 is 9.64 Å². The van der Waals surface area contributed by atoms with Gasteiger partial charge in [0.25, 0.3) is 0 Å². The van der Waals surface area contributed by atoms with Crippen molar-refractivity contribution in [3.63, 3.8) is 0 Å². The summed E-state index contributed by atoms with van der Waals surface area (Å²) < 4.78 is 5.81. The minimum atomic E-state index is 0.178. The zero-order chi connectivity index (χ0) is 13.1. The summed E-state index contributed by atoms with van der Waals surface area (Å²) in [5, 5.41) is 0. The van der Waals surface area contributed by atoms with Gasteiger partial charge in [-0.1, -0.05) is 15.9 Å². The van der Waals surface area contributed by atoms with Gasteiger partial charge in [0.15, 0.2) is 11.6 Å². The third kappa shape index (κ3) is 3.37. The largest absolute Gasteiger partial charge is 0.487 e. The zero-order valence-corrected chi connectivity index (χ0v) is 12.9. The molecule has 0 aliphatic heterocycles. The van der Waals surface area contributed by atoms with Gasteiger partial charge in [-0.15, -0.1) is 0 Å². The average molecular weight is 313 g/mol. The first-order chi connectivity index (χ1) is 8.56. The number of halogens is 1. The van der Waals surface area contributed by atoms with Gasteiger partial charge in [0.05, 0.1) is 6.10 Å². The molecular weight excluding hydrogens is 292 g/mol. The number of anilines is 1. The summed E-state index contributed by atoms with van der Waals surface area (Å²) in [6, 6.07) is 3.92. The standard InChI is InChI=1S/C14H21BrN2O/c1-10(2)18-13-5-4-6-16-14(13)17(3)9-11-7-12(15)8-11/h4-6,10-12H,7-9H2,1-3H3. The molecule has 1 aliphatic rings. The molecule has 0 unspecified atom stereocenters. The average Bonchev–Trinajstić information content (AvgIpc) is 2.26. The fourth-order valence-corrected chi connectivity index (χ4v) is 3.35. The summed E-state index contributed by atoms with van der Waals surface area (Å²) in [6.07, 6.45) is 4.53. The van der Waals surface area contributed by atoms with E-state index in [9.17, 15) is 0 Å². The first-order valence-corrected chi connectivity index (χ1v) is 7.44. The van der Waals surface area contributed by atoms with Crippen molar-refractivity contribution in [1.29, 1.82) is 0 Å². The van der Waals surface area contributed by atoms with Gasteiger partial charge in [-0.3, -0.25) is 0 Å². The summed E-state index contributed by atoms with van der Waals surface area (Å²) in [7, 11) is 2.09. The van der Waals surface area contributed by atoms with Crippen LogP contribution in [-0.2, 0) is 0 Å². The second-order valence-electron chi connectivity index (χ2n) is 5.31. The molecule has 1 saturated carbocycles. The van der Waals surface area contributed by atoms with Gasteiger partial charge in [-0.25, -0.2) is 4.98 Å². The maximum absolute atomic E-state index is 5.81. The summed E-state index contributed by atoms with van der Waals surface area (Å²) in [5.41, 5.74) is 0. The van der Waals surface area contributed by atoms with Crippen LogP contribution in [0.3, 0.4) is 0 Å². The number of rotatable bonds is 5. The molecule has 0 amide bonds. The predicted octanol–water partition coefficient (Wildman–Crippen LogP) is 3.48.